The first-order chi connectivity index (χ1) is 35.9. The van der Waals surface area contributed by atoms with Crippen LogP contribution in [0.4, 0.5) is 8.78 Å². The highest BCUT2D eigenvalue weighted by Crippen LogP contribution is 2.36. The van der Waals surface area contributed by atoms with Crippen molar-refractivity contribution in [2.24, 2.45) is 11.8 Å². The van der Waals surface area contributed by atoms with Crippen molar-refractivity contribution in [2.45, 2.75) is 112 Å². The second-order valence-corrected chi connectivity index (χ2v) is 23.5. The van der Waals surface area contributed by atoms with E-state index >= 15 is 8.78 Å². The number of hydrogen-bond acceptors (Lipinski definition) is 9. The van der Waals surface area contributed by atoms with E-state index in [4.69, 9.17) is 0 Å². The normalized spacial score (nSPS) is 21.6. The summed E-state index contributed by atoms with van der Waals surface area (Å²) in [6.07, 6.45) is 10.7. The second kappa shape index (κ2) is 23.0. The lowest BCUT2D eigenvalue weighted by molar-refractivity contribution is -0.136. The zero-order valence-corrected chi connectivity index (χ0v) is 42.9. The minimum Gasteiger partial charge on any atom is -0.616 e. The predicted octanol–water partition coefficient (Wildman–Crippen LogP) is 5.78. The smallest absolute Gasteiger partial charge is 0.272 e. The van der Waals surface area contributed by atoms with Crippen molar-refractivity contribution in [1.82, 2.24) is 40.0 Å². The topological polar surface area (TPSA) is 182 Å². The predicted molar refractivity (Wildman–Crippen MR) is 277 cm³/mol. The first-order valence-electron chi connectivity index (χ1n) is 27.0. The fourth-order valence-corrected chi connectivity index (χ4v) is 14.1. The summed E-state index contributed by atoms with van der Waals surface area (Å²) in [6, 6.07) is 15.6. The van der Waals surface area contributed by atoms with Crippen molar-refractivity contribution >= 4 is 51.5 Å². The summed E-state index contributed by atoms with van der Waals surface area (Å²) in [5.41, 5.74) is 1.29. The van der Waals surface area contributed by atoms with Gasteiger partial charge in [-0.1, -0.05) is 55.7 Å². The monoisotopic (exact) mass is 1030 g/mol. The minimum absolute atomic E-state index is 0.0234. The third-order valence-corrected chi connectivity index (χ3v) is 18.9. The zero-order chi connectivity index (χ0) is 51.5. The standard InChI is InChI=1S/C56H68F2N8O7S/c57-47-18-15-36(33-48-43-11-4-5-12-44(43)53(69)61-60-48)32-46(47)55(71)65-30-28-63(29-31-65)49(67)35-62-24-19-40(20-25-62)74(73)41-21-26-64(27-22-41)56(72)51(37-8-2-1-3-9-37)59-52(68)45-14-6-13-42(50(45)58)39-10-7-23-66(34-39)54(70)38-16-17-38/h4-6,11-15,18,32,37-41,51H,1-3,7-10,16-17,19-31,33-35H2,(H,59,68)(H,61,69)/t39?,51-,74?/m1/s1. The van der Waals surface area contributed by atoms with Crippen LogP contribution in [0.3, 0.4) is 0 Å². The summed E-state index contributed by atoms with van der Waals surface area (Å²) in [7, 11) is 0. The SMILES string of the molecule is O=C(N[C@@H](C(=O)N1CCC([S+]([O-])C2CCN(CC(=O)N3CCN(C(=O)c4cc(Cc5n[nH]c(=O)c6ccccc56)ccc4F)CC3)CC2)CC1)C1CCCCC1)c1cccc(C2CCCN(C(=O)C3CC3)C2)c1F. The number of fused-ring (bicyclic) bond motifs is 1. The van der Waals surface area contributed by atoms with E-state index in [1.807, 2.05) is 17.0 Å². The number of benzene rings is 3. The van der Waals surface area contributed by atoms with Crippen LogP contribution in [0.5, 0.6) is 0 Å². The minimum atomic E-state index is -1.13. The quantitative estimate of drug-likeness (QED) is 0.157. The number of H-pyrrole nitrogens is 1. The van der Waals surface area contributed by atoms with Gasteiger partial charge in [0.25, 0.3) is 17.4 Å². The fraction of sp³-hybridized carbons (Fsp3) is 0.554. The van der Waals surface area contributed by atoms with Gasteiger partial charge in [-0.05, 0) is 91.0 Å². The lowest BCUT2D eigenvalue weighted by Gasteiger charge is -2.40. The number of aromatic nitrogens is 2. The van der Waals surface area contributed by atoms with E-state index in [9.17, 15) is 33.3 Å². The molecule has 2 N–H and O–H groups in total. The van der Waals surface area contributed by atoms with Gasteiger partial charge in [-0.25, -0.2) is 13.9 Å². The number of carbonyl (C=O) groups excluding carboxylic acids is 5. The Morgan fingerprint density at radius 1 is 0.703 bits per heavy atom. The van der Waals surface area contributed by atoms with Crippen molar-refractivity contribution in [3.8, 4) is 0 Å². The van der Waals surface area contributed by atoms with Gasteiger partial charge in [0, 0.05) is 115 Å². The van der Waals surface area contributed by atoms with E-state index < -0.39 is 40.7 Å². The summed E-state index contributed by atoms with van der Waals surface area (Å²) < 4.78 is 45.5. The molecule has 2 aliphatic carbocycles. The van der Waals surface area contributed by atoms with Crippen LogP contribution in [-0.2, 0) is 32.0 Å². The number of piperazine rings is 1. The highest BCUT2D eigenvalue weighted by Gasteiger charge is 2.41. The molecule has 2 unspecified atom stereocenters. The molecule has 3 aromatic carbocycles. The molecule has 15 nitrogen and oxygen atoms in total. The van der Waals surface area contributed by atoms with Gasteiger partial charge in [0.05, 0.1) is 28.8 Å². The molecular weight excluding hydrogens is 967 g/mol. The molecule has 74 heavy (non-hydrogen) atoms. The van der Waals surface area contributed by atoms with Crippen LogP contribution in [0.1, 0.15) is 127 Å². The van der Waals surface area contributed by atoms with Crippen molar-refractivity contribution < 1.29 is 37.3 Å². The van der Waals surface area contributed by atoms with Crippen LogP contribution in [0.25, 0.3) is 10.8 Å². The van der Waals surface area contributed by atoms with Gasteiger partial charge in [-0.2, -0.15) is 5.10 Å². The van der Waals surface area contributed by atoms with Gasteiger partial charge in [0.15, 0.2) is 0 Å². The lowest BCUT2D eigenvalue weighted by Crippen LogP contribution is -2.55. The van der Waals surface area contributed by atoms with Gasteiger partial charge >= 0.3 is 0 Å². The summed E-state index contributed by atoms with van der Waals surface area (Å²) >= 11 is -1.13. The number of nitrogens with zero attached hydrogens (tertiary/aromatic N) is 6. The van der Waals surface area contributed by atoms with Gasteiger partial charge in [0.1, 0.15) is 28.2 Å². The maximum Gasteiger partial charge on any atom is 0.272 e. The largest absolute Gasteiger partial charge is 0.616 e. The highest BCUT2D eigenvalue weighted by molar-refractivity contribution is 7.92. The third kappa shape index (κ3) is 11.6. The molecule has 4 saturated heterocycles. The first-order valence-corrected chi connectivity index (χ1v) is 28.3. The number of hydrogen-bond donors (Lipinski definition) is 2. The van der Waals surface area contributed by atoms with E-state index in [0.29, 0.717) is 106 Å². The maximum atomic E-state index is 16.3. The van der Waals surface area contributed by atoms with Crippen LogP contribution < -0.4 is 10.9 Å². The molecule has 18 heteroatoms. The Balaban J connectivity index is 0.675. The highest BCUT2D eigenvalue weighted by atomic mass is 32.2. The molecule has 4 aromatic rings. The van der Waals surface area contributed by atoms with Gasteiger partial charge in [0.2, 0.25) is 17.7 Å². The molecule has 4 aliphatic heterocycles. The number of nitrogens with one attached hydrogen (secondary N) is 2. The number of amides is 5. The average molecular weight is 1040 g/mol. The Morgan fingerprint density at radius 2 is 1.39 bits per heavy atom. The van der Waals surface area contributed by atoms with Gasteiger partial charge in [-0.15, -0.1) is 0 Å². The van der Waals surface area contributed by atoms with Crippen LogP contribution in [0, 0.1) is 23.5 Å². The number of carbonyl (C=O) groups is 5. The van der Waals surface area contributed by atoms with E-state index in [1.54, 1.807) is 45.0 Å². The Morgan fingerprint density at radius 3 is 2.11 bits per heavy atom. The Bertz CT molecular complexity index is 2780. The van der Waals surface area contributed by atoms with E-state index in [-0.39, 0.29) is 88.7 Å². The summed E-state index contributed by atoms with van der Waals surface area (Å²) in [4.78, 5) is 89.7. The number of rotatable bonds is 13. The molecule has 2 saturated carbocycles. The molecule has 5 heterocycles. The van der Waals surface area contributed by atoms with Crippen molar-refractivity contribution in [3.63, 3.8) is 0 Å². The van der Waals surface area contributed by atoms with Crippen LogP contribution in [-0.4, -0.2) is 157 Å². The second-order valence-electron chi connectivity index (χ2n) is 21.5. The third-order valence-electron chi connectivity index (χ3n) is 16.7. The number of likely N-dealkylation sites (tertiary alicyclic amines) is 3. The van der Waals surface area contributed by atoms with Crippen molar-refractivity contribution in [3.05, 3.63) is 111 Å². The Hall–Kier alpha value is -5.72. The number of piperidine rings is 3. The van der Waals surface area contributed by atoms with Crippen LogP contribution in [0.15, 0.2) is 65.5 Å². The van der Waals surface area contributed by atoms with Crippen molar-refractivity contribution in [2.75, 3.05) is 72.0 Å². The molecule has 1 aromatic heterocycles. The molecule has 0 radical (unpaired) electrons. The fourth-order valence-electron chi connectivity index (χ4n) is 12.2. The van der Waals surface area contributed by atoms with Gasteiger partial charge < -0.3 is 29.5 Å². The molecule has 10 rings (SSSR count). The molecule has 5 amide bonds. The van der Waals surface area contributed by atoms with Crippen molar-refractivity contribution in [1.29, 1.82) is 0 Å². The molecular formula is C56H68F2N8O7S. The molecule has 3 atom stereocenters. The van der Waals surface area contributed by atoms with Crippen LogP contribution >= 0.6 is 0 Å². The number of halogens is 2. The molecule has 6 aliphatic rings. The van der Waals surface area contributed by atoms with E-state index in [2.05, 4.69) is 20.4 Å². The van der Waals surface area contributed by atoms with Crippen LogP contribution in [0.2, 0.25) is 0 Å². The Kier molecular flexibility index (Phi) is 16.1. The van der Waals surface area contributed by atoms with E-state index in [0.717, 1.165) is 57.8 Å². The first kappa shape index (κ1) is 51.8. The average Bonchev–Trinajstić information content (AvgIpc) is 4.30. The summed E-state index contributed by atoms with van der Waals surface area (Å²) in [5, 5.41) is 10.8. The van der Waals surface area contributed by atoms with E-state index in [1.165, 1.54) is 18.2 Å². The molecule has 0 bridgehead atoms. The van der Waals surface area contributed by atoms with Gasteiger partial charge in [-0.3, -0.25) is 33.7 Å². The Labute approximate surface area is 433 Å². The zero-order valence-electron chi connectivity index (χ0n) is 42.1. The summed E-state index contributed by atoms with van der Waals surface area (Å²) in [6.45, 7) is 4.63. The summed E-state index contributed by atoms with van der Waals surface area (Å²) in [5.74, 6) is -2.49. The maximum absolute atomic E-state index is 16.3. The lowest BCUT2D eigenvalue weighted by atomic mass is 9.83. The molecule has 0 spiro atoms. The molecule has 6 fully saturated rings. The number of aromatic amines is 1. The molecule has 394 valence electrons.